The van der Waals surface area contributed by atoms with Crippen LogP contribution in [0.5, 0.6) is 0 Å². The highest BCUT2D eigenvalue weighted by atomic mass is 16.1. The number of carbonyl (C=O) groups is 1. The van der Waals surface area contributed by atoms with E-state index in [9.17, 15) is 4.79 Å². The van der Waals surface area contributed by atoms with Gasteiger partial charge in [0.05, 0.1) is 0 Å². The highest BCUT2D eigenvalue weighted by Gasteiger charge is 2.37. The van der Waals surface area contributed by atoms with Crippen molar-refractivity contribution in [2.75, 3.05) is 13.6 Å². The summed E-state index contributed by atoms with van der Waals surface area (Å²) in [7, 11) is 2.28. The van der Waals surface area contributed by atoms with Gasteiger partial charge < -0.3 is 5.32 Å². The largest absolute Gasteiger partial charge is 0.352 e. The summed E-state index contributed by atoms with van der Waals surface area (Å²) in [5.74, 6) is -0.00435. The first-order chi connectivity index (χ1) is 13.2. The lowest BCUT2D eigenvalue weighted by atomic mass is 9.85. The van der Waals surface area contributed by atoms with Crippen LogP contribution in [0.3, 0.4) is 0 Å². The molecular weight excluding hydrogens is 332 g/mol. The van der Waals surface area contributed by atoms with Gasteiger partial charge in [0.2, 0.25) is 0 Å². The fourth-order valence-electron chi connectivity index (χ4n) is 4.67. The third-order valence-electron chi connectivity index (χ3n) is 6.14. The number of hydrogen-bond donors (Lipinski definition) is 1. The zero-order valence-electron chi connectivity index (χ0n) is 16.2. The third-order valence-corrected chi connectivity index (χ3v) is 6.14. The van der Waals surface area contributed by atoms with Crippen LogP contribution in [0.25, 0.3) is 5.57 Å². The van der Waals surface area contributed by atoms with E-state index < -0.39 is 0 Å². The lowest BCUT2D eigenvalue weighted by Crippen LogP contribution is -2.37. The van der Waals surface area contributed by atoms with Crippen molar-refractivity contribution in [3.8, 4) is 0 Å². The van der Waals surface area contributed by atoms with Gasteiger partial charge in [0.15, 0.2) is 0 Å². The van der Waals surface area contributed by atoms with Gasteiger partial charge >= 0.3 is 0 Å². The van der Waals surface area contributed by atoms with Crippen molar-refractivity contribution in [2.24, 2.45) is 0 Å². The first-order valence-electron chi connectivity index (χ1n) is 10.1. The van der Waals surface area contributed by atoms with Gasteiger partial charge in [-0.2, -0.15) is 0 Å². The molecule has 0 aliphatic carbocycles. The fourth-order valence-corrected chi connectivity index (χ4v) is 4.67. The SMILES string of the molecule is CCNC(=O)c1ccc(C(=C2CC3CCC(C2)N3C)c2ccccc2)cc1. The Labute approximate surface area is 162 Å². The van der Waals surface area contributed by atoms with Gasteiger partial charge in [-0.15, -0.1) is 0 Å². The van der Waals surface area contributed by atoms with Crippen molar-refractivity contribution < 1.29 is 4.79 Å². The molecule has 140 valence electrons. The Hall–Kier alpha value is -2.39. The molecule has 2 aromatic carbocycles. The van der Waals surface area contributed by atoms with E-state index in [0.29, 0.717) is 18.6 Å². The van der Waals surface area contributed by atoms with Crippen molar-refractivity contribution in [2.45, 2.75) is 44.7 Å². The molecule has 2 atom stereocenters. The zero-order chi connectivity index (χ0) is 18.8. The molecule has 3 heteroatoms. The predicted molar refractivity (Wildman–Crippen MR) is 111 cm³/mol. The van der Waals surface area contributed by atoms with Gasteiger partial charge in [-0.1, -0.05) is 48.0 Å². The summed E-state index contributed by atoms with van der Waals surface area (Å²) >= 11 is 0. The Morgan fingerprint density at radius 2 is 1.48 bits per heavy atom. The monoisotopic (exact) mass is 360 g/mol. The van der Waals surface area contributed by atoms with Crippen LogP contribution in [-0.4, -0.2) is 36.5 Å². The first-order valence-corrected chi connectivity index (χ1v) is 10.1. The van der Waals surface area contributed by atoms with Crippen LogP contribution in [0, 0.1) is 0 Å². The predicted octanol–water partition coefficient (Wildman–Crippen LogP) is 4.49. The molecule has 2 aliphatic heterocycles. The molecule has 2 unspecified atom stereocenters. The molecule has 0 spiro atoms. The fraction of sp³-hybridized carbons (Fsp3) is 0.375. The van der Waals surface area contributed by atoms with Gasteiger partial charge in [-0.25, -0.2) is 0 Å². The number of rotatable bonds is 4. The van der Waals surface area contributed by atoms with Crippen molar-refractivity contribution in [3.05, 3.63) is 76.9 Å². The molecule has 0 aromatic heterocycles. The van der Waals surface area contributed by atoms with Gasteiger partial charge in [0, 0.05) is 24.2 Å². The Morgan fingerprint density at radius 3 is 2.07 bits per heavy atom. The number of nitrogens with zero attached hydrogens (tertiary/aromatic N) is 1. The van der Waals surface area contributed by atoms with E-state index in [4.69, 9.17) is 0 Å². The van der Waals surface area contributed by atoms with Crippen LogP contribution in [0.4, 0.5) is 0 Å². The maximum atomic E-state index is 12.1. The van der Waals surface area contributed by atoms with Gasteiger partial charge in [-0.3, -0.25) is 9.69 Å². The van der Waals surface area contributed by atoms with Gasteiger partial charge in [0.1, 0.15) is 0 Å². The maximum absolute atomic E-state index is 12.1. The van der Waals surface area contributed by atoms with Crippen LogP contribution >= 0.6 is 0 Å². The molecule has 3 nitrogen and oxygen atoms in total. The molecule has 2 fully saturated rings. The number of nitrogens with one attached hydrogen (secondary N) is 1. The van der Waals surface area contributed by atoms with Crippen molar-refractivity contribution in [1.82, 2.24) is 10.2 Å². The quantitative estimate of drug-likeness (QED) is 0.871. The van der Waals surface area contributed by atoms with Crippen molar-refractivity contribution >= 4 is 11.5 Å². The second-order valence-corrected chi connectivity index (χ2v) is 7.74. The molecule has 2 bridgehead atoms. The van der Waals surface area contributed by atoms with Crippen LogP contribution in [0.2, 0.25) is 0 Å². The summed E-state index contributed by atoms with van der Waals surface area (Å²) < 4.78 is 0. The highest BCUT2D eigenvalue weighted by molar-refractivity contribution is 5.95. The Bertz CT molecular complexity index is 822. The second kappa shape index (κ2) is 7.69. The minimum absolute atomic E-state index is 0.00435. The van der Waals surface area contributed by atoms with Crippen molar-refractivity contribution in [1.29, 1.82) is 0 Å². The van der Waals surface area contributed by atoms with Crippen LogP contribution in [-0.2, 0) is 0 Å². The Balaban J connectivity index is 1.74. The molecule has 2 aromatic rings. The number of piperidine rings is 1. The van der Waals surface area contributed by atoms with Crippen LogP contribution < -0.4 is 5.32 Å². The summed E-state index contributed by atoms with van der Waals surface area (Å²) in [6.45, 7) is 2.59. The van der Waals surface area contributed by atoms with E-state index in [1.807, 2.05) is 19.1 Å². The molecule has 1 N–H and O–H groups in total. The maximum Gasteiger partial charge on any atom is 0.251 e. The van der Waals surface area contributed by atoms with Crippen molar-refractivity contribution in [3.63, 3.8) is 0 Å². The molecule has 4 rings (SSSR count). The Morgan fingerprint density at radius 1 is 0.926 bits per heavy atom. The number of fused-ring (bicyclic) bond motifs is 2. The zero-order valence-corrected chi connectivity index (χ0v) is 16.2. The molecule has 1 amide bonds. The summed E-state index contributed by atoms with van der Waals surface area (Å²) in [4.78, 5) is 14.7. The summed E-state index contributed by atoms with van der Waals surface area (Å²) in [5, 5.41) is 2.87. The second-order valence-electron chi connectivity index (χ2n) is 7.74. The molecule has 27 heavy (non-hydrogen) atoms. The van der Waals surface area contributed by atoms with Gasteiger partial charge in [-0.05, 0) is 68.5 Å². The lowest BCUT2D eigenvalue weighted by Gasteiger charge is -2.34. The Kier molecular flexibility index (Phi) is 5.13. The first kappa shape index (κ1) is 18.0. The molecular formula is C24H28N2O. The molecule has 2 saturated heterocycles. The highest BCUT2D eigenvalue weighted by Crippen LogP contribution is 2.42. The molecule has 0 radical (unpaired) electrons. The van der Waals surface area contributed by atoms with E-state index >= 15 is 0 Å². The standard InChI is InChI=1S/C24H28N2O/c1-3-25-24(27)19-11-9-18(10-12-19)23(17-7-5-4-6-8-17)20-15-21-13-14-22(16-20)26(21)2/h4-12,21-22H,3,13-16H2,1-2H3,(H,25,27). The topological polar surface area (TPSA) is 32.3 Å². The minimum Gasteiger partial charge on any atom is -0.352 e. The van der Waals surface area contributed by atoms with E-state index in [2.05, 4.69) is 59.7 Å². The molecule has 2 heterocycles. The van der Waals surface area contributed by atoms with E-state index in [0.717, 1.165) is 18.4 Å². The molecule has 0 saturated carbocycles. The normalized spacial score (nSPS) is 21.9. The van der Waals surface area contributed by atoms with E-state index in [1.165, 1.54) is 29.5 Å². The summed E-state index contributed by atoms with van der Waals surface area (Å²) in [6, 6.07) is 20.2. The summed E-state index contributed by atoms with van der Waals surface area (Å²) in [5.41, 5.74) is 6.15. The van der Waals surface area contributed by atoms with E-state index in [-0.39, 0.29) is 5.91 Å². The van der Waals surface area contributed by atoms with E-state index in [1.54, 1.807) is 5.57 Å². The smallest absolute Gasteiger partial charge is 0.251 e. The number of hydrogen-bond acceptors (Lipinski definition) is 2. The number of amides is 1. The van der Waals surface area contributed by atoms with Gasteiger partial charge in [0.25, 0.3) is 5.91 Å². The average Bonchev–Trinajstić information content (AvgIpc) is 2.91. The van der Waals surface area contributed by atoms with Crippen LogP contribution in [0.1, 0.15) is 54.1 Å². The van der Waals surface area contributed by atoms with Crippen LogP contribution in [0.15, 0.2) is 60.2 Å². The summed E-state index contributed by atoms with van der Waals surface area (Å²) in [6.07, 6.45) is 4.91. The lowest BCUT2D eigenvalue weighted by molar-refractivity contribution is 0.0956. The molecule has 2 aliphatic rings. The number of benzene rings is 2. The minimum atomic E-state index is -0.00435. The third kappa shape index (κ3) is 3.57. The average molecular weight is 361 g/mol. The number of carbonyl (C=O) groups excluding carboxylic acids is 1.